The zero-order valence-corrected chi connectivity index (χ0v) is 4.14. The summed E-state index contributed by atoms with van der Waals surface area (Å²) in [4.78, 5) is 0. The fourth-order valence-corrected chi connectivity index (χ4v) is 0.382. The predicted molar refractivity (Wildman–Crippen MR) is 25.4 cm³/mol. The van der Waals surface area contributed by atoms with Gasteiger partial charge in [0.2, 0.25) is 0 Å². The fraction of sp³-hybridized carbons (Fsp3) is 0. The van der Waals surface area contributed by atoms with Crippen LogP contribution in [0.3, 0.4) is 0 Å². The van der Waals surface area contributed by atoms with Gasteiger partial charge in [0.25, 0.3) is 0 Å². The predicted octanol–water partition coefficient (Wildman–Crippen LogP) is 1.64. The Hall–Kier alpha value is -0.630. The lowest BCUT2D eigenvalue weighted by Crippen LogP contribution is -1.48. The summed E-state index contributed by atoms with van der Waals surface area (Å²) in [7, 11) is 0. The Morgan fingerprint density at radius 3 is 2.57 bits per heavy atom. The molecule has 1 aromatic heterocycles. The quantitative estimate of drug-likeness (QED) is 0.562. The lowest BCUT2D eigenvalue weighted by Gasteiger charge is -1.75. The van der Waals surface area contributed by atoms with Gasteiger partial charge in [0.05, 0.1) is 6.26 Å². The molecule has 3 heteroatoms. The van der Waals surface area contributed by atoms with Crippen LogP contribution in [0.2, 0.25) is 5.02 Å². The zero-order valence-electron chi connectivity index (χ0n) is 3.39. The summed E-state index contributed by atoms with van der Waals surface area (Å²) in [5.74, 6) is -0.221. The second-order valence-electron chi connectivity index (χ2n) is 1.07. The molecular formula is C4H3ClO2. The zero-order chi connectivity index (χ0) is 5.28. The van der Waals surface area contributed by atoms with Gasteiger partial charge in [-0.25, -0.2) is 0 Å². The van der Waals surface area contributed by atoms with Gasteiger partial charge in [0, 0.05) is 0 Å². The summed E-state index contributed by atoms with van der Waals surface area (Å²) in [6, 6.07) is 1.47. The fourth-order valence-electron chi connectivity index (χ4n) is 0.286. The Kier molecular flexibility index (Phi) is 0.947. The van der Waals surface area contributed by atoms with Crippen LogP contribution in [0.25, 0.3) is 0 Å². The molecule has 38 valence electrons. The van der Waals surface area contributed by atoms with E-state index in [-0.39, 0.29) is 11.0 Å². The van der Waals surface area contributed by atoms with Crippen molar-refractivity contribution in [3.63, 3.8) is 0 Å². The molecule has 0 aliphatic carbocycles. The van der Waals surface area contributed by atoms with Crippen molar-refractivity contribution in [2.75, 3.05) is 0 Å². The molecule has 0 amide bonds. The van der Waals surface area contributed by atoms with Crippen molar-refractivity contribution < 1.29 is 9.52 Å². The topological polar surface area (TPSA) is 33.4 Å². The molecule has 1 aromatic rings. The van der Waals surface area contributed by atoms with Crippen LogP contribution in [0, 0.1) is 0 Å². The van der Waals surface area contributed by atoms with E-state index in [1.165, 1.54) is 12.3 Å². The van der Waals surface area contributed by atoms with Crippen LogP contribution in [-0.4, -0.2) is 5.11 Å². The van der Waals surface area contributed by atoms with Gasteiger partial charge in [-0.1, -0.05) is 11.6 Å². The first-order valence-electron chi connectivity index (χ1n) is 1.72. The first-order valence-corrected chi connectivity index (χ1v) is 2.10. The van der Waals surface area contributed by atoms with Crippen LogP contribution in [0.4, 0.5) is 0 Å². The van der Waals surface area contributed by atoms with E-state index in [2.05, 4.69) is 4.42 Å². The van der Waals surface area contributed by atoms with E-state index >= 15 is 0 Å². The van der Waals surface area contributed by atoms with Gasteiger partial charge < -0.3 is 9.52 Å². The highest BCUT2D eigenvalue weighted by Crippen LogP contribution is 2.22. The molecule has 0 radical (unpaired) electrons. The van der Waals surface area contributed by atoms with Gasteiger partial charge in [-0.3, -0.25) is 0 Å². The maximum Gasteiger partial charge on any atom is 0.301 e. The maximum atomic E-state index is 8.46. The van der Waals surface area contributed by atoms with Crippen LogP contribution < -0.4 is 0 Å². The minimum absolute atomic E-state index is 0.221. The van der Waals surface area contributed by atoms with E-state index in [1.807, 2.05) is 0 Å². The van der Waals surface area contributed by atoms with Crippen molar-refractivity contribution in [2.45, 2.75) is 0 Å². The molecule has 0 fully saturated rings. The van der Waals surface area contributed by atoms with E-state index in [4.69, 9.17) is 16.7 Å². The molecule has 0 unspecified atom stereocenters. The Morgan fingerprint density at radius 2 is 2.43 bits per heavy atom. The van der Waals surface area contributed by atoms with Crippen molar-refractivity contribution >= 4 is 11.6 Å². The molecule has 2 nitrogen and oxygen atoms in total. The molecule has 1 heterocycles. The standard InChI is InChI=1S/C4H3ClO2/c5-3-1-2-7-4(3)6/h1-2,6H. The van der Waals surface area contributed by atoms with Gasteiger partial charge in [0.1, 0.15) is 5.02 Å². The molecule has 0 bridgehead atoms. The molecule has 0 spiro atoms. The summed E-state index contributed by atoms with van der Waals surface area (Å²) in [6.45, 7) is 0. The van der Waals surface area contributed by atoms with Crippen LogP contribution in [0.1, 0.15) is 0 Å². The second-order valence-corrected chi connectivity index (χ2v) is 1.48. The van der Waals surface area contributed by atoms with E-state index in [9.17, 15) is 0 Å². The smallest absolute Gasteiger partial charge is 0.301 e. The molecular weight excluding hydrogens is 115 g/mol. The van der Waals surface area contributed by atoms with Crippen molar-refractivity contribution in [1.29, 1.82) is 0 Å². The van der Waals surface area contributed by atoms with Gasteiger partial charge in [-0.2, -0.15) is 0 Å². The number of hydrogen-bond acceptors (Lipinski definition) is 2. The lowest BCUT2D eigenvalue weighted by molar-refractivity contribution is 0.333. The minimum atomic E-state index is -0.221. The Labute approximate surface area is 45.3 Å². The number of halogens is 1. The SMILES string of the molecule is Oc1occc1Cl. The van der Waals surface area contributed by atoms with Crippen LogP contribution >= 0.6 is 11.6 Å². The second kappa shape index (κ2) is 1.46. The Balaban J connectivity index is 3.12. The Morgan fingerprint density at radius 1 is 1.71 bits per heavy atom. The molecule has 7 heavy (non-hydrogen) atoms. The van der Waals surface area contributed by atoms with Gasteiger partial charge in [0.15, 0.2) is 0 Å². The molecule has 0 aliphatic heterocycles. The molecule has 1 N–H and O–H groups in total. The van der Waals surface area contributed by atoms with Gasteiger partial charge in [-0.15, -0.1) is 0 Å². The average molecular weight is 119 g/mol. The Bertz CT molecular complexity index is 142. The highest BCUT2D eigenvalue weighted by atomic mass is 35.5. The normalized spacial score (nSPS) is 9.29. The highest BCUT2D eigenvalue weighted by Gasteiger charge is 1.95. The third-order valence-electron chi connectivity index (χ3n) is 0.598. The summed E-state index contributed by atoms with van der Waals surface area (Å²) >= 11 is 5.28. The summed E-state index contributed by atoms with van der Waals surface area (Å²) < 4.78 is 4.39. The highest BCUT2D eigenvalue weighted by molar-refractivity contribution is 6.31. The number of aromatic hydroxyl groups is 1. The van der Waals surface area contributed by atoms with Gasteiger partial charge >= 0.3 is 5.95 Å². The monoisotopic (exact) mass is 118 g/mol. The maximum absolute atomic E-state index is 8.46. The number of rotatable bonds is 0. The first kappa shape index (κ1) is 4.53. The first-order chi connectivity index (χ1) is 3.30. The molecule has 0 atom stereocenters. The van der Waals surface area contributed by atoms with Crippen molar-refractivity contribution in [3.05, 3.63) is 17.4 Å². The molecule has 0 aliphatic rings. The lowest BCUT2D eigenvalue weighted by atomic mass is 10.6. The van der Waals surface area contributed by atoms with E-state index in [0.717, 1.165) is 0 Å². The minimum Gasteiger partial charge on any atom is -0.480 e. The van der Waals surface area contributed by atoms with Crippen molar-refractivity contribution in [1.82, 2.24) is 0 Å². The molecule has 1 rings (SSSR count). The third-order valence-corrected chi connectivity index (χ3v) is 0.886. The van der Waals surface area contributed by atoms with Crippen molar-refractivity contribution in [2.24, 2.45) is 0 Å². The van der Waals surface area contributed by atoms with Crippen LogP contribution in [0.5, 0.6) is 5.95 Å². The van der Waals surface area contributed by atoms with Crippen molar-refractivity contribution in [3.8, 4) is 5.95 Å². The average Bonchev–Trinajstić information content (AvgIpc) is 1.91. The van der Waals surface area contributed by atoms with Gasteiger partial charge in [-0.05, 0) is 6.07 Å². The number of hydrogen-bond donors (Lipinski definition) is 1. The van der Waals surface area contributed by atoms with E-state index in [0.29, 0.717) is 0 Å². The summed E-state index contributed by atoms with van der Waals surface area (Å²) in [5.41, 5.74) is 0. The molecule has 0 saturated heterocycles. The van der Waals surface area contributed by atoms with E-state index in [1.54, 1.807) is 0 Å². The van der Waals surface area contributed by atoms with Crippen LogP contribution in [0.15, 0.2) is 16.7 Å². The third kappa shape index (κ3) is 0.695. The van der Waals surface area contributed by atoms with E-state index < -0.39 is 0 Å². The molecule has 0 aromatic carbocycles. The number of furan rings is 1. The summed E-state index contributed by atoms with van der Waals surface area (Å²) in [6.07, 6.45) is 1.32. The summed E-state index contributed by atoms with van der Waals surface area (Å²) in [5, 5.41) is 8.71. The largest absolute Gasteiger partial charge is 0.480 e. The molecule has 0 saturated carbocycles. The van der Waals surface area contributed by atoms with Crippen LogP contribution in [-0.2, 0) is 0 Å².